The number of hydrogen-bond donors (Lipinski definition) is 0. The van der Waals surface area contributed by atoms with Crippen LogP contribution in [-0.4, -0.2) is 19.2 Å². The van der Waals surface area contributed by atoms with E-state index in [2.05, 4.69) is 200 Å². The van der Waals surface area contributed by atoms with Gasteiger partial charge in [-0.05, 0) is 158 Å². The first kappa shape index (κ1) is 69.1. The van der Waals surface area contributed by atoms with Gasteiger partial charge < -0.3 is 22.6 Å². The minimum Gasteiger partial charge on any atom is -0.435 e. The van der Waals surface area contributed by atoms with Gasteiger partial charge in [0.05, 0.1) is 19.0 Å². The van der Waals surface area contributed by atoms with E-state index in [1.807, 2.05) is 6.92 Å². The van der Waals surface area contributed by atoms with Gasteiger partial charge in [0.1, 0.15) is 17.6 Å². The van der Waals surface area contributed by atoms with E-state index in [1.54, 1.807) is 12.7 Å². The second kappa shape index (κ2) is 49.1. The minimum absolute atomic E-state index is 0.132. The monoisotopic (exact) mass is 1100 g/mol. The third kappa shape index (κ3) is 34.8. The Bertz CT molecular complexity index is 3080. The lowest BCUT2D eigenvalue weighted by atomic mass is 9.82. The number of rotatable bonds is 36. The first-order valence-corrected chi connectivity index (χ1v) is 31.1. The van der Waals surface area contributed by atoms with Crippen LogP contribution < -0.4 is 9.05 Å². The lowest BCUT2D eigenvalue weighted by Gasteiger charge is -2.25. The minimum atomic E-state index is -1.79. The first-order chi connectivity index (χ1) is 39.3. The molecule has 2 rings (SSSR count). The summed E-state index contributed by atoms with van der Waals surface area (Å²) in [5, 5.41) is 0. The molecule has 0 spiro atoms. The first-order valence-electron chi connectivity index (χ1n) is 28.8. The largest absolute Gasteiger partial charge is 0.435 e. The zero-order valence-electron chi connectivity index (χ0n) is 49.2. The summed E-state index contributed by atoms with van der Waals surface area (Å²) in [6.07, 6.45) is 32.9. The Hall–Kier alpha value is -6.99. The zero-order chi connectivity index (χ0) is 57.8. The second-order valence-electron chi connectivity index (χ2n) is 19.0. The van der Waals surface area contributed by atoms with Crippen LogP contribution in [0.15, 0.2) is 93.1 Å². The van der Waals surface area contributed by atoms with Crippen LogP contribution in [0.5, 0.6) is 11.5 Å². The molecule has 0 heterocycles. The van der Waals surface area contributed by atoms with Crippen molar-refractivity contribution in [3.05, 3.63) is 127 Å². The fourth-order valence-corrected chi connectivity index (χ4v) is 10.2. The van der Waals surface area contributed by atoms with Gasteiger partial charge >= 0.3 is 17.0 Å². The molecule has 2 unspecified atom stereocenters. The molecule has 0 fully saturated rings. The van der Waals surface area contributed by atoms with Crippen molar-refractivity contribution in [3.8, 4) is 82.7 Å². The van der Waals surface area contributed by atoms with Crippen LogP contribution in [0, 0.1) is 98.9 Å². The summed E-state index contributed by atoms with van der Waals surface area (Å²) in [5.74, 6) is 33.4. The third-order valence-corrected chi connectivity index (χ3v) is 14.6. The molecule has 0 radical (unpaired) electrons. The van der Waals surface area contributed by atoms with Crippen molar-refractivity contribution in [1.82, 2.24) is 0 Å². The van der Waals surface area contributed by atoms with E-state index in [4.69, 9.17) is 22.6 Å². The molecule has 416 valence electrons. The molecule has 0 saturated carbocycles. The molecule has 2 aromatic rings. The molecule has 80 heavy (non-hydrogen) atoms. The van der Waals surface area contributed by atoms with E-state index in [0.29, 0.717) is 19.0 Å². The molecule has 6 nitrogen and oxygen atoms in total. The molecule has 0 aliphatic rings. The van der Waals surface area contributed by atoms with Gasteiger partial charge in [0, 0.05) is 64.2 Å². The Morgan fingerprint density at radius 3 is 1.25 bits per heavy atom. The predicted octanol–water partition coefficient (Wildman–Crippen LogP) is 18.9. The Balaban J connectivity index is 2.36. The predicted molar refractivity (Wildman–Crippen MR) is 331 cm³/mol. The van der Waals surface area contributed by atoms with Crippen molar-refractivity contribution in [3.63, 3.8) is 0 Å². The van der Waals surface area contributed by atoms with Gasteiger partial charge in [-0.15, -0.1) is 0 Å². The van der Waals surface area contributed by atoms with Crippen LogP contribution in [0.4, 0.5) is 0 Å². The highest BCUT2D eigenvalue weighted by Gasteiger charge is 2.23. The number of aryl methyl sites for hydroxylation is 4. The molecule has 0 aliphatic heterocycles. The van der Waals surface area contributed by atoms with Gasteiger partial charge in [-0.3, -0.25) is 0 Å². The summed E-state index contributed by atoms with van der Waals surface area (Å²) >= 11 is 0. The standard InChI is InChI=1S/C72H82O6P2/c1-9-13-16-19-22-25-30-35-40-45-50-56-74-79(59-53-48-43-38-33-28-29-34-39-44-49-55-73)77-71-62-64(5)69(60-66(71)7)68(54-12-4)70-61-67(8)72(63-65(70)6)78-80(75-57-51-46-41-36-31-26-23-20-17-14-10-2)76-58-52-47-42-37-32-27-24-21-18-15-11-3/h59-63,68H,10-12,14-15,17-18,20-21,23-24,26-27,31-32,36-37,41-42,46-47,51-52,54,57-58H2,1-8H3. The van der Waals surface area contributed by atoms with Crippen LogP contribution in [0.3, 0.4) is 0 Å². The summed E-state index contributed by atoms with van der Waals surface area (Å²) < 4.78 is 31.9. The number of benzene rings is 2. The SMILES string of the molecule is CC#CC#CC#CC#CC#CC#COP(C=C=C=C=C=C=C=C=C=C=C=C=C=O)Oc1cc(C)c(C(CCC)c2cc(C)c(OP(OCCCCCCCCCCCCC)OCCCCCCCCCCCCC)cc2C)cc1C. The Labute approximate surface area is 485 Å². The topological polar surface area (TPSA) is 63.2 Å². The molecule has 2 aromatic carbocycles. The zero-order valence-corrected chi connectivity index (χ0v) is 51.0. The summed E-state index contributed by atoms with van der Waals surface area (Å²) in [5.41, 5.74) is 34.5. The lowest BCUT2D eigenvalue weighted by molar-refractivity contribution is 0.198. The Kier molecular flexibility index (Phi) is 42.4. The van der Waals surface area contributed by atoms with Gasteiger partial charge in [0.2, 0.25) is 0 Å². The van der Waals surface area contributed by atoms with Crippen LogP contribution in [0.25, 0.3) is 0 Å². The fraction of sp³-hybridized carbons (Fsp3) is 0.486. The van der Waals surface area contributed by atoms with Gasteiger partial charge in [-0.2, -0.15) is 0 Å². The number of carbonyl (C=O) groups excluding carboxylic acids is 1. The highest BCUT2D eigenvalue weighted by molar-refractivity contribution is 7.51. The molecule has 0 saturated heterocycles. The summed E-state index contributed by atoms with van der Waals surface area (Å²) in [6, 6.07) is 8.73. The van der Waals surface area contributed by atoms with Gasteiger partial charge in [0.25, 0.3) is 0 Å². The maximum atomic E-state index is 10.1. The van der Waals surface area contributed by atoms with Crippen LogP contribution in [-0.2, 0) is 18.4 Å². The third-order valence-electron chi connectivity index (χ3n) is 12.4. The number of unbranched alkanes of at least 4 members (excludes halogenated alkanes) is 20. The molecule has 8 heteroatoms. The van der Waals surface area contributed by atoms with Gasteiger partial charge in [0.15, 0.2) is 5.94 Å². The van der Waals surface area contributed by atoms with Gasteiger partial charge in [-0.1, -0.05) is 179 Å². The fourth-order valence-electron chi connectivity index (χ4n) is 8.29. The molecule has 0 aliphatic carbocycles. The quantitative estimate of drug-likeness (QED) is 0.0223. The molecular weight excluding hydrogens is 1020 g/mol. The molecule has 0 amide bonds. The van der Waals surface area contributed by atoms with Crippen molar-refractivity contribution >= 4 is 22.9 Å². The van der Waals surface area contributed by atoms with Crippen molar-refractivity contribution in [2.24, 2.45) is 0 Å². The molecular formula is C72H82O6P2. The van der Waals surface area contributed by atoms with E-state index >= 15 is 0 Å². The molecule has 2 atom stereocenters. The summed E-state index contributed by atoms with van der Waals surface area (Å²) in [7, 11) is -3.35. The Morgan fingerprint density at radius 2 is 0.825 bits per heavy atom. The summed E-state index contributed by atoms with van der Waals surface area (Å²) in [6.45, 7) is 18.2. The maximum absolute atomic E-state index is 10.1. The van der Waals surface area contributed by atoms with Crippen molar-refractivity contribution < 1.29 is 27.4 Å². The normalized spacial score (nSPS) is 10.0. The average molecular weight is 1110 g/mol. The lowest BCUT2D eigenvalue weighted by Crippen LogP contribution is -2.08. The second-order valence-corrected chi connectivity index (χ2v) is 21.4. The van der Waals surface area contributed by atoms with Crippen molar-refractivity contribution in [2.45, 2.75) is 215 Å². The van der Waals surface area contributed by atoms with Crippen LogP contribution >= 0.6 is 17.0 Å². The maximum Gasteiger partial charge on any atom is 0.397 e. The van der Waals surface area contributed by atoms with Crippen LogP contribution in [0.1, 0.15) is 221 Å². The Morgan fingerprint density at radius 1 is 0.438 bits per heavy atom. The van der Waals surface area contributed by atoms with Crippen molar-refractivity contribution in [1.29, 1.82) is 0 Å². The molecule has 0 bridgehead atoms. The summed E-state index contributed by atoms with van der Waals surface area (Å²) in [4.78, 5) is 10.1. The van der Waals surface area contributed by atoms with Gasteiger partial charge in [-0.25, -0.2) is 4.79 Å². The van der Waals surface area contributed by atoms with E-state index in [1.165, 1.54) is 133 Å². The van der Waals surface area contributed by atoms with Crippen LogP contribution in [0.2, 0.25) is 0 Å². The van der Waals surface area contributed by atoms with Crippen molar-refractivity contribution in [2.75, 3.05) is 13.2 Å². The average Bonchev–Trinajstić information content (AvgIpc) is 3.45. The smallest absolute Gasteiger partial charge is 0.397 e. The van der Waals surface area contributed by atoms with E-state index in [0.717, 1.165) is 66.5 Å². The highest BCUT2D eigenvalue weighted by atomic mass is 31.2. The van der Waals surface area contributed by atoms with E-state index in [-0.39, 0.29) is 5.92 Å². The van der Waals surface area contributed by atoms with E-state index in [9.17, 15) is 4.79 Å². The highest BCUT2D eigenvalue weighted by Crippen LogP contribution is 2.46. The molecule has 0 aromatic heterocycles. The number of hydrogen-bond acceptors (Lipinski definition) is 6. The molecule has 0 N–H and O–H groups in total. The van der Waals surface area contributed by atoms with E-state index < -0.39 is 17.0 Å².